The van der Waals surface area contributed by atoms with E-state index in [0.717, 1.165) is 11.3 Å². The number of furan rings is 1. The molecule has 2 N–H and O–H groups in total. The van der Waals surface area contributed by atoms with Gasteiger partial charge < -0.3 is 24.4 Å². The number of nitrogens with zero attached hydrogens (tertiary/aromatic N) is 1. The molecule has 0 aliphatic carbocycles. The Bertz CT molecular complexity index is 1200. The molecule has 154 valence electrons. The third kappa shape index (κ3) is 4.14. The van der Waals surface area contributed by atoms with Crippen LogP contribution >= 0.6 is 0 Å². The number of allylic oxidation sites excluding steroid dienone is 1. The quantitative estimate of drug-likeness (QED) is 0.380. The van der Waals surface area contributed by atoms with Crippen LogP contribution in [0.1, 0.15) is 22.8 Å². The van der Waals surface area contributed by atoms with Gasteiger partial charge in [-0.25, -0.2) is 4.79 Å². The van der Waals surface area contributed by atoms with Crippen LogP contribution in [0, 0.1) is 11.3 Å². The Labute approximate surface area is 178 Å². The zero-order valence-corrected chi connectivity index (χ0v) is 16.6. The summed E-state index contributed by atoms with van der Waals surface area (Å²) in [6, 6.07) is 17.8. The van der Waals surface area contributed by atoms with Crippen molar-refractivity contribution >= 4 is 12.0 Å². The largest absolute Gasteiger partial charge is 0.497 e. The van der Waals surface area contributed by atoms with Gasteiger partial charge in [-0.05, 0) is 42.0 Å². The number of carbonyl (C=O) groups excluding carboxylic acids is 1. The molecule has 1 unspecified atom stereocenters. The van der Waals surface area contributed by atoms with Crippen molar-refractivity contribution in [3.05, 3.63) is 95.3 Å². The standard InChI is InChI=1S/C24H18N2O5/c1-28-16-7-4-15(5-8-16)6-11-22(27)30-17-9-10-18-21(13-17)31-24(26)19(14-25)23(18)20-3-2-12-29-20/h2-13,23H,26H2,1H3/b11-6+. The maximum Gasteiger partial charge on any atom is 0.336 e. The van der Waals surface area contributed by atoms with Crippen molar-refractivity contribution in [2.45, 2.75) is 5.92 Å². The smallest absolute Gasteiger partial charge is 0.336 e. The number of nitrogens with two attached hydrogens (primary N) is 1. The summed E-state index contributed by atoms with van der Waals surface area (Å²) in [5.74, 6) is 0.917. The average Bonchev–Trinajstić information content (AvgIpc) is 3.31. The number of fused-ring (bicyclic) bond motifs is 1. The minimum atomic E-state index is -0.546. The molecule has 0 radical (unpaired) electrons. The normalized spacial score (nSPS) is 15.2. The van der Waals surface area contributed by atoms with Crippen molar-refractivity contribution in [1.82, 2.24) is 0 Å². The number of esters is 1. The van der Waals surface area contributed by atoms with E-state index < -0.39 is 11.9 Å². The number of ether oxygens (including phenoxy) is 3. The van der Waals surface area contributed by atoms with Crippen molar-refractivity contribution in [1.29, 1.82) is 5.26 Å². The topological polar surface area (TPSA) is 108 Å². The van der Waals surface area contributed by atoms with Gasteiger partial charge in [0.25, 0.3) is 0 Å². The summed E-state index contributed by atoms with van der Waals surface area (Å²) in [6.45, 7) is 0. The molecule has 3 aromatic rings. The van der Waals surface area contributed by atoms with Crippen molar-refractivity contribution in [2.24, 2.45) is 5.73 Å². The number of nitriles is 1. The number of benzene rings is 2. The van der Waals surface area contributed by atoms with Crippen LogP contribution in [0.5, 0.6) is 17.2 Å². The van der Waals surface area contributed by atoms with Crippen molar-refractivity contribution in [3.63, 3.8) is 0 Å². The molecule has 0 fully saturated rings. The molecule has 0 saturated carbocycles. The molecule has 31 heavy (non-hydrogen) atoms. The summed E-state index contributed by atoms with van der Waals surface area (Å²) in [5.41, 5.74) is 7.73. The van der Waals surface area contributed by atoms with Crippen molar-refractivity contribution < 1.29 is 23.4 Å². The van der Waals surface area contributed by atoms with Gasteiger partial charge in [-0.1, -0.05) is 18.2 Å². The van der Waals surface area contributed by atoms with Gasteiger partial charge in [0, 0.05) is 17.7 Å². The lowest BCUT2D eigenvalue weighted by Crippen LogP contribution is -2.20. The molecule has 1 aliphatic heterocycles. The number of rotatable bonds is 5. The number of hydrogen-bond acceptors (Lipinski definition) is 7. The first kappa shape index (κ1) is 19.9. The van der Waals surface area contributed by atoms with Crippen LogP contribution in [-0.2, 0) is 4.79 Å². The Morgan fingerprint density at radius 3 is 2.61 bits per heavy atom. The van der Waals surface area contributed by atoms with Crippen LogP contribution in [0.4, 0.5) is 0 Å². The summed E-state index contributed by atoms with van der Waals surface area (Å²) in [7, 11) is 1.59. The number of hydrogen-bond donors (Lipinski definition) is 1. The first-order chi connectivity index (χ1) is 15.1. The molecular formula is C24H18N2O5. The Kier molecular flexibility index (Phi) is 5.45. The van der Waals surface area contributed by atoms with Gasteiger partial charge in [0.1, 0.15) is 34.7 Å². The second kappa shape index (κ2) is 8.51. The van der Waals surface area contributed by atoms with Gasteiger partial charge in [0.05, 0.1) is 19.3 Å². The van der Waals surface area contributed by atoms with E-state index in [9.17, 15) is 10.1 Å². The maximum absolute atomic E-state index is 12.2. The summed E-state index contributed by atoms with van der Waals surface area (Å²) in [4.78, 5) is 12.2. The summed E-state index contributed by atoms with van der Waals surface area (Å²) >= 11 is 0. The maximum atomic E-state index is 12.2. The molecule has 0 saturated heterocycles. The first-order valence-corrected chi connectivity index (χ1v) is 9.38. The lowest BCUT2D eigenvalue weighted by Gasteiger charge is -2.25. The highest BCUT2D eigenvalue weighted by molar-refractivity contribution is 5.88. The highest BCUT2D eigenvalue weighted by Crippen LogP contribution is 2.43. The van der Waals surface area contributed by atoms with Gasteiger partial charge in [-0.3, -0.25) is 0 Å². The zero-order chi connectivity index (χ0) is 21.8. The highest BCUT2D eigenvalue weighted by atomic mass is 16.5. The molecule has 1 atom stereocenters. The molecule has 0 spiro atoms. The Balaban J connectivity index is 1.54. The fraction of sp³-hybridized carbons (Fsp3) is 0.0833. The monoisotopic (exact) mass is 414 g/mol. The number of methoxy groups -OCH3 is 1. The van der Waals surface area contributed by atoms with E-state index in [0.29, 0.717) is 17.1 Å². The molecule has 1 aromatic heterocycles. The zero-order valence-electron chi connectivity index (χ0n) is 16.6. The van der Waals surface area contributed by atoms with E-state index in [2.05, 4.69) is 6.07 Å². The minimum Gasteiger partial charge on any atom is -0.497 e. The van der Waals surface area contributed by atoms with Crippen molar-refractivity contribution in [3.8, 4) is 23.3 Å². The Morgan fingerprint density at radius 1 is 1.16 bits per heavy atom. The lowest BCUT2D eigenvalue weighted by atomic mass is 9.87. The van der Waals surface area contributed by atoms with Crippen LogP contribution < -0.4 is 19.9 Å². The fourth-order valence-corrected chi connectivity index (χ4v) is 3.28. The third-order valence-corrected chi connectivity index (χ3v) is 4.76. The second-order valence-corrected chi connectivity index (χ2v) is 6.67. The summed E-state index contributed by atoms with van der Waals surface area (Å²) in [5, 5.41) is 9.52. The SMILES string of the molecule is COc1ccc(/C=C/C(=O)Oc2ccc3c(c2)OC(N)=C(C#N)C3c2ccco2)cc1. The summed E-state index contributed by atoms with van der Waals surface area (Å²) in [6.07, 6.45) is 4.50. The van der Waals surface area contributed by atoms with E-state index >= 15 is 0 Å². The molecule has 1 aliphatic rings. The fourth-order valence-electron chi connectivity index (χ4n) is 3.28. The molecule has 4 rings (SSSR count). The van der Waals surface area contributed by atoms with Crippen molar-refractivity contribution in [2.75, 3.05) is 7.11 Å². The minimum absolute atomic E-state index is 0.0146. The van der Waals surface area contributed by atoms with E-state index in [1.807, 2.05) is 12.1 Å². The predicted octanol–water partition coefficient (Wildman–Crippen LogP) is 4.13. The Hall–Kier alpha value is -4.44. The van der Waals surface area contributed by atoms with Gasteiger partial charge >= 0.3 is 5.97 Å². The van der Waals surface area contributed by atoms with Crippen LogP contribution in [0.25, 0.3) is 6.08 Å². The molecule has 7 nitrogen and oxygen atoms in total. The summed E-state index contributed by atoms with van der Waals surface area (Å²) < 4.78 is 21.6. The molecule has 2 aromatic carbocycles. The van der Waals surface area contributed by atoms with E-state index in [1.54, 1.807) is 55.7 Å². The average molecular weight is 414 g/mol. The van der Waals surface area contributed by atoms with Crippen LogP contribution in [0.2, 0.25) is 0 Å². The predicted molar refractivity (Wildman–Crippen MR) is 112 cm³/mol. The van der Waals surface area contributed by atoms with E-state index in [4.69, 9.17) is 24.4 Å². The molecular weight excluding hydrogens is 396 g/mol. The highest BCUT2D eigenvalue weighted by Gasteiger charge is 2.32. The van der Waals surface area contributed by atoms with Gasteiger partial charge in [-0.15, -0.1) is 0 Å². The van der Waals surface area contributed by atoms with Crippen LogP contribution in [-0.4, -0.2) is 13.1 Å². The van der Waals surface area contributed by atoms with Gasteiger partial charge in [-0.2, -0.15) is 5.26 Å². The molecule has 7 heteroatoms. The van der Waals surface area contributed by atoms with Crippen LogP contribution in [0.3, 0.4) is 0 Å². The van der Waals surface area contributed by atoms with Gasteiger partial charge in [0.2, 0.25) is 5.88 Å². The van der Waals surface area contributed by atoms with Gasteiger partial charge in [0.15, 0.2) is 0 Å². The van der Waals surface area contributed by atoms with E-state index in [-0.39, 0.29) is 17.2 Å². The first-order valence-electron chi connectivity index (χ1n) is 9.38. The molecule has 0 bridgehead atoms. The second-order valence-electron chi connectivity index (χ2n) is 6.67. The molecule has 2 heterocycles. The number of carbonyl (C=O) groups is 1. The lowest BCUT2D eigenvalue weighted by molar-refractivity contribution is -0.128. The Morgan fingerprint density at radius 2 is 1.94 bits per heavy atom. The van der Waals surface area contributed by atoms with E-state index in [1.165, 1.54) is 12.3 Å². The molecule has 0 amide bonds. The third-order valence-electron chi connectivity index (χ3n) is 4.76. The van der Waals surface area contributed by atoms with Crippen LogP contribution in [0.15, 0.2) is 82.8 Å².